The van der Waals surface area contributed by atoms with E-state index in [0.29, 0.717) is 18.2 Å². The summed E-state index contributed by atoms with van der Waals surface area (Å²) in [7, 11) is 0. The minimum atomic E-state index is -0.268. The lowest BCUT2D eigenvalue weighted by molar-refractivity contribution is 0.174. The van der Waals surface area contributed by atoms with E-state index in [1.165, 1.54) is 17.1 Å². The Balaban J connectivity index is 1.35. The van der Waals surface area contributed by atoms with Crippen LogP contribution in [0.15, 0.2) is 38.3 Å². The van der Waals surface area contributed by atoms with E-state index in [1.807, 2.05) is 0 Å². The SMILES string of the molecule is O=c1cc(CN2CCC(Cc3cc(F)ccc3Br)CC2)[nH]c(=O)n1C1CCCCC1. The first kappa shape index (κ1) is 21.5. The number of hydrogen-bond acceptors (Lipinski definition) is 3. The molecule has 30 heavy (non-hydrogen) atoms. The van der Waals surface area contributed by atoms with E-state index in [4.69, 9.17) is 0 Å². The lowest BCUT2D eigenvalue weighted by atomic mass is 9.90. The van der Waals surface area contributed by atoms with E-state index < -0.39 is 0 Å². The second-order valence-corrected chi connectivity index (χ2v) is 9.61. The Hall–Kier alpha value is -1.73. The van der Waals surface area contributed by atoms with Gasteiger partial charge in [0.2, 0.25) is 0 Å². The molecule has 5 nitrogen and oxygen atoms in total. The molecular formula is C23H29BrFN3O2. The molecular weight excluding hydrogens is 449 g/mol. The van der Waals surface area contributed by atoms with Crippen LogP contribution in [-0.4, -0.2) is 27.5 Å². The molecule has 1 aromatic carbocycles. The van der Waals surface area contributed by atoms with Crippen molar-refractivity contribution in [3.05, 3.63) is 66.7 Å². The van der Waals surface area contributed by atoms with Crippen LogP contribution in [0.2, 0.25) is 0 Å². The van der Waals surface area contributed by atoms with Crippen LogP contribution in [0.1, 0.15) is 62.2 Å². The van der Waals surface area contributed by atoms with Gasteiger partial charge in [0.25, 0.3) is 5.56 Å². The Kier molecular flexibility index (Phi) is 6.88. The van der Waals surface area contributed by atoms with Crippen molar-refractivity contribution in [2.45, 2.75) is 64.0 Å². The fraction of sp³-hybridized carbons (Fsp3) is 0.565. The number of piperidine rings is 1. The summed E-state index contributed by atoms with van der Waals surface area (Å²) in [5, 5.41) is 0. The second-order valence-electron chi connectivity index (χ2n) is 8.76. The molecule has 2 heterocycles. The molecule has 162 valence electrons. The van der Waals surface area contributed by atoms with Gasteiger partial charge in [-0.05, 0) is 74.9 Å². The summed E-state index contributed by atoms with van der Waals surface area (Å²) in [6.45, 7) is 2.41. The molecule has 0 spiro atoms. The summed E-state index contributed by atoms with van der Waals surface area (Å²) in [5.41, 5.74) is 1.27. The van der Waals surface area contributed by atoms with E-state index >= 15 is 0 Å². The Labute approximate surface area is 184 Å². The summed E-state index contributed by atoms with van der Waals surface area (Å²) in [5.74, 6) is 0.315. The number of likely N-dealkylation sites (tertiary alicyclic amines) is 1. The molecule has 2 fully saturated rings. The average molecular weight is 478 g/mol. The molecule has 0 atom stereocenters. The van der Waals surface area contributed by atoms with Crippen LogP contribution in [0.3, 0.4) is 0 Å². The number of aromatic nitrogens is 2. The van der Waals surface area contributed by atoms with Crippen molar-refractivity contribution in [2.75, 3.05) is 13.1 Å². The van der Waals surface area contributed by atoms with Crippen LogP contribution in [0, 0.1) is 11.7 Å². The molecule has 0 radical (unpaired) electrons. The van der Waals surface area contributed by atoms with Gasteiger partial charge in [-0.2, -0.15) is 0 Å². The molecule has 2 aliphatic rings. The van der Waals surface area contributed by atoms with Crippen LogP contribution in [0.25, 0.3) is 0 Å². The largest absolute Gasteiger partial charge is 0.328 e. The monoisotopic (exact) mass is 477 g/mol. The smallest absolute Gasteiger partial charge is 0.310 e. The van der Waals surface area contributed by atoms with Gasteiger partial charge in [0.1, 0.15) is 5.82 Å². The summed E-state index contributed by atoms with van der Waals surface area (Å²) in [6.07, 6.45) is 8.08. The number of nitrogens with zero attached hydrogens (tertiary/aromatic N) is 2. The third-order valence-corrected chi connectivity index (χ3v) is 7.35. The molecule has 1 aliphatic carbocycles. The average Bonchev–Trinajstić information content (AvgIpc) is 2.72. The molecule has 4 rings (SSSR count). The van der Waals surface area contributed by atoms with Crippen LogP contribution in [0.5, 0.6) is 0 Å². The highest BCUT2D eigenvalue weighted by Gasteiger charge is 2.22. The first-order chi connectivity index (χ1) is 14.5. The van der Waals surface area contributed by atoms with Gasteiger partial charge >= 0.3 is 5.69 Å². The van der Waals surface area contributed by atoms with Crippen molar-refractivity contribution in [1.29, 1.82) is 0 Å². The van der Waals surface area contributed by atoms with Crippen LogP contribution < -0.4 is 11.2 Å². The molecule has 1 saturated heterocycles. The maximum Gasteiger partial charge on any atom is 0.328 e. The minimum absolute atomic E-state index is 0.0435. The first-order valence-corrected chi connectivity index (χ1v) is 11.8. The first-order valence-electron chi connectivity index (χ1n) is 11.0. The van der Waals surface area contributed by atoms with E-state index in [9.17, 15) is 14.0 Å². The molecule has 0 unspecified atom stereocenters. The van der Waals surface area contributed by atoms with Gasteiger partial charge in [0.05, 0.1) is 0 Å². The highest BCUT2D eigenvalue weighted by molar-refractivity contribution is 9.10. The van der Waals surface area contributed by atoms with Gasteiger partial charge in [-0.1, -0.05) is 35.2 Å². The van der Waals surface area contributed by atoms with Gasteiger partial charge in [0.15, 0.2) is 0 Å². The fourth-order valence-electron chi connectivity index (χ4n) is 4.92. The van der Waals surface area contributed by atoms with Crippen LogP contribution in [0.4, 0.5) is 4.39 Å². The zero-order chi connectivity index (χ0) is 21.1. The Bertz CT molecular complexity index is 957. The highest BCUT2D eigenvalue weighted by Crippen LogP contribution is 2.27. The Morgan fingerprint density at radius 3 is 2.47 bits per heavy atom. The van der Waals surface area contributed by atoms with Crippen molar-refractivity contribution in [3.8, 4) is 0 Å². The van der Waals surface area contributed by atoms with Crippen molar-refractivity contribution in [2.24, 2.45) is 5.92 Å². The van der Waals surface area contributed by atoms with Gasteiger partial charge in [-0.15, -0.1) is 0 Å². The van der Waals surface area contributed by atoms with Crippen molar-refractivity contribution in [3.63, 3.8) is 0 Å². The molecule has 0 bridgehead atoms. The second kappa shape index (κ2) is 9.60. The molecule has 1 aliphatic heterocycles. The number of aromatic amines is 1. The molecule has 0 amide bonds. The topological polar surface area (TPSA) is 58.1 Å². The number of benzene rings is 1. The summed E-state index contributed by atoms with van der Waals surface area (Å²) < 4.78 is 15.9. The summed E-state index contributed by atoms with van der Waals surface area (Å²) >= 11 is 3.52. The maximum atomic E-state index is 13.5. The summed E-state index contributed by atoms with van der Waals surface area (Å²) in [4.78, 5) is 30.4. The predicted molar refractivity (Wildman–Crippen MR) is 119 cm³/mol. The number of rotatable bonds is 5. The number of nitrogens with one attached hydrogen (secondary N) is 1. The van der Waals surface area contributed by atoms with Crippen LogP contribution >= 0.6 is 15.9 Å². The number of halogens is 2. The maximum absolute atomic E-state index is 13.5. The predicted octanol–water partition coefficient (Wildman–Crippen LogP) is 4.40. The normalized spacial score (nSPS) is 19.3. The van der Waals surface area contributed by atoms with Gasteiger partial charge in [-0.25, -0.2) is 9.18 Å². The molecule has 1 N–H and O–H groups in total. The standard InChI is InChI=1S/C23H29BrFN3O2/c24-21-7-6-18(25)13-17(21)12-16-8-10-27(11-9-16)15-19-14-22(29)28(23(30)26-19)20-4-2-1-3-5-20/h6-7,13-14,16,20H,1-5,8-12,15H2,(H,26,30). The zero-order valence-electron chi connectivity index (χ0n) is 17.2. The lowest BCUT2D eigenvalue weighted by Gasteiger charge is -2.32. The van der Waals surface area contributed by atoms with Crippen molar-refractivity contribution < 1.29 is 4.39 Å². The van der Waals surface area contributed by atoms with E-state index in [0.717, 1.165) is 68.1 Å². The molecule has 7 heteroatoms. The van der Waals surface area contributed by atoms with E-state index in [1.54, 1.807) is 18.2 Å². The van der Waals surface area contributed by atoms with E-state index in [2.05, 4.69) is 25.8 Å². The van der Waals surface area contributed by atoms with Crippen molar-refractivity contribution >= 4 is 15.9 Å². The quantitative estimate of drug-likeness (QED) is 0.694. The van der Waals surface area contributed by atoms with Gasteiger partial charge in [0, 0.05) is 28.8 Å². The third kappa shape index (κ3) is 5.11. The van der Waals surface area contributed by atoms with Crippen LogP contribution in [-0.2, 0) is 13.0 Å². The third-order valence-electron chi connectivity index (χ3n) is 6.58. The van der Waals surface area contributed by atoms with Crippen molar-refractivity contribution in [1.82, 2.24) is 14.5 Å². The Morgan fingerprint density at radius 2 is 1.77 bits per heavy atom. The van der Waals surface area contributed by atoms with Gasteiger partial charge in [-0.3, -0.25) is 14.3 Å². The minimum Gasteiger partial charge on any atom is -0.310 e. The molecule has 1 aromatic heterocycles. The Morgan fingerprint density at radius 1 is 1.03 bits per heavy atom. The zero-order valence-corrected chi connectivity index (χ0v) is 18.8. The molecule has 1 saturated carbocycles. The summed E-state index contributed by atoms with van der Waals surface area (Å²) in [6, 6.07) is 6.50. The number of hydrogen-bond donors (Lipinski definition) is 1. The fourth-order valence-corrected chi connectivity index (χ4v) is 5.33. The van der Waals surface area contributed by atoms with Gasteiger partial charge < -0.3 is 4.98 Å². The number of H-pyrrole nitrogens is 1. The molecule has 2 aromatic rings. The van der Waals surface area contributed by atoms with E-state index in [-0.39, 0.29) is 23.1 Å². The lowest BCUT2D eigenvalue weighted by Crippen LogP contribution is -2.40. The highest BCUT2D eigenvalue weighted by atomic mass is 79.9.